The van der Waals surface area contributed by atoms with E-state index in [1.165, 1.54) is 48.5 Å². The van der Waals surface area contributed by atoms with Crippen molar-refractivity contribution in [1.82, 2.24) is 5.32 Å². The number of anilines is 2. The average Bonchev–Trinajstić information content (AvgIpc) is 3.29. The summed E-state index contributed by atoms with van der Waals surface area (Å²) < 4.78 is 15.1. The fourth-order valence-corrected chi connectivity index (χ4v) is 5.83. The Balaban J connectivity index is 1.32. The number of carbonyl (C=O) groups excluding carboxylic acids is 4. The molecule has 1 heterocycles. The lowest BCUT2D eigenvalue weighted by atomic mass is 10.1. The van der Waals surface area contributed by atoms with Gasteiger partial charge >= 0.3 is 5.97 Å². The number of carboxylic acids is 1. The van der Waals surface area contributed by atoms with Gasteiger partial charge in [0.05, 0.1) is 22.1 Å². The molecule has 1 aliphatic rings. The molecule has 3 N–H and O–H groups in total. The van der Waals surface area contributed by atoms with Crippen molar-refractivity contribution in [2.45, 2.75) is 16.6 Å². The van der Waals surface area contributed by atoms with Gasteiger partial charge in [-0.1, -0.05) is 46.3 Å². The van der Waals surface area contributed by atoms with E-state index in [1.54, 1.807) is 48.5 Å². The highest BCUT2D eigenvalue weighted by molar-refractivity contribution is 9.10. The largest absolute Gasteiger partial charge is 0.478 e. The van der Waals surface area contributed by atoms with Gasteiger partial charge in [0.1, 0.15) is 11.5 Å². The second-order valence-corrected chi connectivity index (χ2v) is 11.9. The van der Waals surface area contributed by atoms with Gasteiger partial charge < -0.3 is 15.7 Å². The van der Waals surface area contributed by atoms with Crippen molar-refractivity contribution in [3.63, 3.8) is 0 Å². The van der Waals surface area contributed by atoms with E-state index in [0.717, 1.165) is 27.2 Å². The van der Waals surface area contributed by atoms with Crippen LogP contribution in [0, 0.1) is 5.82 Å². The first kappa shape index (κ1) is 31.4. The number of hydrogen-bond donors (Lipinski definition) is 3. The van der Waals surface area contributed by atoms with Crippen LogP contribution in [0.5, 0.6) is 0 Å². The summed E-state index contributed by atoms with van der Waals surface area (Å²) in [5.41, 5.74) is 0.904. The summed E-state index contributed by atoms with van der Waals surface area (Å²) in [7, 11) is 0. The second kappa shape index (κ2) is 13.7. The number of amides is 4. The number of hydrogen-bond acceptors (Lipinski definition) is 6. The summed E-state index contributed by atoms with van der Waals surface area (Å²) in [5.74, 6) is -4.20. The number of thioether (sulfide) groups is 1. The van der Waals surface area contributed by atoms with Crippen molar-refractivity contribution in [2.24, 2.45) is 0 Å². The molecule has 0 radical (unpaired) electrons. The Morgan fingerprint density at radius 3 is 2.33 bits per heavy atom. The molecule has 4 amide bonds. The fourth-order valence-electron chi connectivity index (χ4n) is 4.45. The lowest BCUT2D eigenvalue weighted by molar-refractivity contribution is -0.121. The Bertz CT molecular complexity index is 1850. The van der Waals surface area contributed by atoms with Crippen LogP contribution in [-0.2, 0) is 14.4 Å². The van der Waals surface area contributed by atoms with Crippen molar-refractivity contribution >= 4 is 74.7 Å². The number of halogens is 2. The summed E-state index contributed by atoms with van der Waals surface area (Å²) >= 11 is 4.50. The maximum absolute atomic E-state index is 14.3. The van der Waals surface area contributed by atoms with Crippen molar-refractivity contribution in [2.75, 3.05) is 10.2 Å². The Hall–Kier alpha value is -5.07. The minimum Gasteiger partial charge on any atom is -0.478 e. The molecule has 0 aliphatic carbocycles. The minimum atomic E-state index is -1.12. The van der Waals surface area contributed by atoms with Gasteiger partial charge in [0.25, 0.3) is 11.8 Å². The Morgan fingerprint density at radius 1 is 0.933 bits per heavy atom. The van der Waals surface area contributed by atoms with Gasteiger partial charge in [0.2, 0.25) is 11.8 Å². The summed E-state index contributed by atoms with van der Waals surface area (Å²) in [6.07, 6.45) is 1.39. The number of carbonyl (C=O) groups is 5. The molecule has 0 aromatic heterocycles. The molecule has 1 aliphatic heterocycles. The van der Waals surface area contributed by atoms with Crippen LogP contribution in [0.1, 0.15) is 32.7 Å². The highest BCUT2D eigenvalue weighted by Crippen LogP contribution is 2.35. The zero-order valence-electron chi connectivity index (χ0n) is 23.2. The van der Waals surface area contributed by atoms with E-state index in [9.17, 15) is 28.4 Å². The quantitative estimate of drug-likeness (QED) is 0.143. The van der Waals surface area contributed by atoms with Crippen molar-refractivity contribution < 1.29 is 33.5 Å². The van der Waals surface area contributed by atoms with Gasteiger partial charge in [-0.25, -0.2) is 14.1 Å². The predicted molar refractivity (Wildman–Crippen MR) is 171 cm³/mol. The first-order valence-corrected chi connectivity index (χ1v) is 15.1. The molecular formula is C33H23BrFN3O6S. The van der Waals surface area contributed by atoms with Gasteiger partial charge in [-0.2, -0.15) is 0 Å². The molecule has 12 heteroatoms. The first-order chi connectivity index (χ1) is 21.6. The van der Waals surface area contributed by atoms with Gasteiger partial charge in [-0.3, -0.25) is 19.2 Å². The van der Waals surface area contributed by atoms with E-state index in [0.29, 0.717) is 16.1 Å². The number of aromatic carboxylic acids is 1. The normalized spacial score (nSPS) is 14.8. The van der Waals surface area contributed by atoms with Crippen LogP contribution in [0.4, 0.5) is 15.8 Å². The van der Waals surface area contributed by atoms with Crippen molar-refractivity contribution in [3.05, 3.63) is 130 Å². The SMILES string of the molecule is O=C(Nc1cccc(S[C@H]2CC(=O)N(c3ccc(C(=O)O)cc3)C2=O)c1)/C(=C/c1ccc(Br)cc1)NC(=O)c1ccccc1F. The molecule has 0 unspecified atom stereocenters. The van der Waals surface area contributed by atoms with Crippen molar-refractivity contribution in [1.29, 1.82) is 0 Å². The van der Waals surface area contributed by atoms with Crippen LogP contribution in [0.3, 0.4) is 0 Å². The van der Waals surface area contributed by atoms with Gasteiger partial charge in [0, 0.05) is 21.5 Å². The Kier molecular flexibility index (Phi) is 9.55. The lowest BCUT2D eigenvalue weighted by Crippen LogP contribution is -2.31. The molecule has 1 fully saturated rings. The molecular weight excluding hydrogens is 665 g/mol. The van der Waals surface area contributed by atoms with Crippen LogP contribution in [0.15, 0.2) is 112 Å². The Morgan fingerprint density at radius 2 is 1.64 bits per heavy atom. The smallest absolute Gasteiger partial charge is 0.335 e. The number of imide groups is 1. The van der Waals surface area contributed by atoms with Crippen LogP contribution in [0.2, 0.25) is 0 Å². The van der Waals surface area contributed by atoms with Crippen LogP contribution >= 0.6 is 27.7 Å². The van der Waals surface area contributed by atoms with Gasteiger partial charge in [-0.05, 0) is 78.4 Å². The fraction of sp³-hybridized carbons (Fsp3) is 0.0606. The number of benzene rings is 4. The summed E-state index contributed by atoms with van der Waals surface area (Å²) in [6, 6.07) is 24.5. The standard InChI is InChI=1S/C33H23BrFN3O6S/c34-21-12-8-19(9-13-21)16-27(37-30(40)25-6-1-2-7-26(25)35)31(41)36-22-4-3-5-24(17-22)45-28-18-29(39)38(32(28)42)23-14-10-20(11-15-23)33(43)44/h1-17,28H,18H2,(H,36,41)(H,37,40)(H,43,44)/b27-16-/t28-/m0/s1. The Labute approximate surface area is 269 Å². The highest BCUT2D eigenvalue weighted by atomic mass is 79.9. The maximum Gasteiger partial charge on any atom is 0.335 e. The molecule has 0 bridgehead atoms. The topological polar surface area (TPSA) is 133 Å². The monoisotopic (exact) mass is 687 g/mol. The van der Waals surface area contributed by atoms with E-state index >= 15 is 0 Å². The number of nitrogens with zero attached hydrogens (tertiary/aromatic N) is 1. The maximum atomic E-state index is 14.3. The molecule has 226 valence electrons. The van der Waals surface area contributed by atoms with Gasteiger partial charge in [-0.15, -0.1) is 11.8 Å². The van der Waals surface area contributed by atoms with E-state index in [1.807, 2.05) is 0 Å². The molecule has 1 atom stereocenters. The predicted octanol–water partition coefficient (Wildman–Crippen LogP) is 6.12. The summed E-state index contributed by atoms with van der Waals surface area (Å²) in [6.45, 7) is 0. The lowest BCUT2D eigenvalue weighted by Gasteiger charge is -2.15. The molecule has 1 saturated heterocycles. The van der Waals surface area contributed by atoms with Crippen LogP contribution in [0.25, 0.3) is 6.08 Å². The molecule has 4 aromatic rings. The van der Waals surface area contributed by atoms with Crippen LogP contribution < -0.4 is 15.5 Å². The highest BCUT2D eigenvalue weighted by Gasteiger charge is 2.40. The van der Waals surface area contributed by atoms with E-state index in [2.05, 4.69) is 26.6 Å². The van der Waals surface area contributed by atoms with Crippen molar-refractivity contribution in [3.8, 4) is 0 Å². The number of carboxylic acid groups (broad SMARTS) is 1. The number of rotatable bonds is 9. The average molecular weight is 689 g/mol. The molecule has 4 aromatic carbocycles. The van der Waals surface area contributed by atoms with Gasteiger partial charge in [0.15, 0.2) is 0 Å². The second-order valence-electron chi connectivity index (χ2n) is 9.76. The molecule has 5 rings (SSSR count). The van der Waals surface area contributed by atoms with E-state index in [4.69, 9.17) is 5.11 Å². The third-order valence-corrected chi connectivity index (χ3v) is 8.35. The number of nitrogens with one attached hydrogen (secondary N) is 2. The zero-order valence-corrected chi connectivity index (χ0v) is 25.6. The molecule has 0 spiro atoms. The third kappa shape index (κ3) is 7.54. The zero-order chi connectivity index (χ0) is 32.1. The first-order valence-electron chi connectivity index (χ1n) is 13.4. The molecule has 9 nitrogen and oxygen atoms in total. The summed E-state index contributed by atoms with van der Waals surface area (Å²) in [4.78, 5) is 64.9. The third-order valence-electron chi connectivity index (χ3n) is 6.64. The molecule has 0 saturated carbocycles. The summed E-state index contributed by atoms with van der Waals surface area (Å²) in [5, 5.41) is 13.6. The van der Waals surface area contributed by atoms with E-state index < -0.39 is 40.7 Å². The molecule has 45 heavy (non-hydrogen) atoms. The van der Waals surface area contributed by atoms with Crippen LogP contribution in [-0.4, -0.2) is 40.0 Å². The van der Waals surface area contributed by atoms with E-state index in [-0.39, 0.29) is 28.9 Å². The minimum absolute atomic E-state index is 0.0317.